The Balaban J connectivity index is 2.24. The van der Waals surface area contributed by atoms with Gasteiger partial charge in [0.25, 0.3) is 12.0 Å². The fourth-order valence-corrected chi connectivity index (χ4v) is 2.83. The first-order valence-corrected chi connectivity index (χ1v) is 5.38. The minimum atomic E-state index is -0.373. The van der Waals surface area contributed by atoms with Crippen LogP contribution in [0.25, 0.3) is 0 Å². The maximum atomic E-state index is 11.8. The van der Waals surface area contributed by atoms with E-state index in [1.165, 1.54) is 4.57 Å². The molecule has 0 radical (unpaired) electrons. The van der Waals surface area contributed by atoms with Crippen LogP contribution >= 0.6 is 0 Å². The number of rotatable bonds is 3. The number of hydrogen-bond donors (Lipinski definition) is 2. The molecular weight excluding hydrogens is 226 g/mol. The van der Waals surface area contributed by atoms with Crippen LogP contribution in [0.3, 0.4) is 0 Å². The lowest BCUT2D eigenvalue weighted by Gasteiger charge is -2.17. The van der Waals surface area contributed by atoms with E-state index in [9.17, 15) is 19.8 Å². The van der Waals surface area contributed by atoms with Crippen molar-refractivity contribution in [2.24, 2.45) is 5.92 Å². The van der Waals surface area contributed by atoms with Gasteiger partial charge in [0.05, 0.1) is 18.3 Å². The zero-order valence-corrected chi connectivity index (χ0v) is 8.87. The second-order valence-corrected chi connectivity index (χ2v) is 4.42. The number of fused-ring (bicyclic) bond motifs is 3. The van der Waals surface area contributed by atoms with Gasteiger partial charge >= 0.3 is 0 Å². The molecule has 2 N–H and O–H groups in total. The van der Waals surface area contributed by atoms with Crippen LogP contribution in [0.2, 0.25) is 0 Å². The van der Waals surface area contributed by atoms with Crippen LogP contribution in [0.15, 0.2) is 10.9 Å². The molecule has 0 aromatic carbocycles. The third kappa shape index (κ3) is 1.24. The highest BCUT2D eigenvalue weighted by atomic mass is 16.5. The van der Waals surface area contributed by atoms with Gasteiger partial charge in [0.15, 0.2) is 11.5 Å². The summed E-state index contributed by atoms with van der Waals surface area (Å²) in [5.41, 5.74) is 0.160. The van der Waals surface area contributed by atoms with Crippen molar-refractivity contribution in [2.45, 2.75) is 18.4 Å². The van der Waals surface area contributed by atoms with E-state index in [4.69, 9.17) is 4.74 Å². The highest BCUT2D eigenvalue weighted by Crippen LogP contribution is 2.61. The van der Waals surface area contributed by atoms with E-state index >= 15 is 0 Å². The van der Waals surface area contributed by atoms with Gasteiger partial charge in [-0.25, -0.2) is 0 Å². The van der Waals surface area contributed by atoms with Crippen LogP contribution in [0.4, 0.5) is 0 Å². The van der Waals surface area contributed by atoms with E-state index < -0.39 is 0 Å². The first-order chi connectivity index (χ1) is 8.19. The highest BCUT2D eigenvalue weighted by Gasteiger charge is 2.54. The van der Waals surface area contributed by atoms with E-state index in [-0.39, 0.29) is 48.0 Å². The zero-order chi connectivity index (χ0) is 12.2. The first-order valence-electron chi connectivity index (χ1n) is 5.38. The Morgan fingerprint density at radius 2 is 2.35 bits per heavy atom. The van der Waals surface area contributed by atoms with E-state index in [0.29, 0.717) is 5.69 Å². The molecule has 17 heavy (non-hydrogen) atoms. The molecule has 3 atom stereocenters. The Bertz CT molecular complexity index is 550. The van der Waals surface area contributed by atoms with Gasteiger partial charge < -0.3 is 19.5 Å². The van der Waals surface area contributed by atoms with Crippen molar-refractivity contribution in [3.05, 3.63) is 22.1 Å². The number of carbonyl (C=O) groups is 1. The Morgan fingerprint density at radius 1 is 1.59 bits per heavy atom. The monoisotopic (exact) mass is 237 g/mol. The lowest BCUT2D eigenvalue weighted by Crippen LogP contribution is -2.27. The minimum Gasteiger partial charge on any atom is -0.504 e. The molecule has 6 heteroatoms. The molecule has 0 unspecified atom stereocenters. The Kier molecular flexibility index (Phi) is 2.03. The molecule has 2 heterocycles. The standard InChI is InChI=1S/C11H11NO5/c13-3-7-5-1-6(5)10-11(17-4-14)8(15)2-9(16)12(7)10/h2,4-7,13,15H,1,3H2/t5-,6+,7+/m0/s1. The zero-order valence-electron chi connectivity index (χ0n) is 8.87. The summed E-state index contributed by atoms with van der Waals surface area (Å²) in [5, 5.41) is 18.9. The van der Waals surface area contributed by atoms with Crippen molar-refractivity contribution < 1.29 is 19.7 Å². The summed E-state index contributed by atoms with van der Waals surface area (Å²) in [5.74, 6) is 0.0334. The molecule has 0 spiro atoms. The summed E-state index contributed by atoms with van der Waals surface area (Å²) < 4.78 is 6.18. The second kappa shape index (κ2) is 3.33. The number of ether oxygens (including phenoxy) is 1. The molecule has 0 amide bonds. The number of aromatic nitrogens is 1. The third-order valence-corrected chi connectivity index (χ3v) is 3.59. The lowest BCUT2D eigenvalue weighted by molar-refractivity contribution is -0.120. The van der Waals surface area contributed by atoms with Crippen LogP contribution in [0.1, 0.15) is 24.1 Å². The molecule has 0 saturated heterocycles. The minimum absolute atomic E-state index is 0.0445. The number of aliphatic hydroxyl groups excluding tert-OH is 1. The number of nitrogens with zero attached hydrogens (tertiary/aromatic N) is 1. The highest BCUT2D eigenvalue weighted by molar-refractivity contribution is 5.55. The predicted molar refractivity (Wildman–Crippen MR) is 56.0 cm³/mol. The van der Waals surface area contributed by atoms with Crippen molar-refractivity contribution in [1.29, 1.82) is 0 Å². The van der Waals surface area contributed by atoms with Crippen LogP contribution in [0, 0.1) is 5.92 Å². The topological polar surface area (TPSA) is 88.8 Å². The smallest absolute Gasteiger partial charge is 0.298 e. The molecule has 1 aromatic rings. The van der Waals surface area contributed by atoms with Gasteiger partial charge in [0.2, 0.25) is 0 Å². The lowest BCUT2D eigenvalue weighted by atomic mass is 10.2. The normalized spacial score (nSPS) is 28.4. The number of carbonyl (C=O) groups excluding carboxylic acids is 1. The maximum absolute atomic E-state index is 11.8. The summed E-state index contributed by atoms with van der Waals surface area (Å²) in [7, 11) is 0. The van der Waals surface area contributed by atoms with Crippen molar-refractivity contribution in [1.82, 2.24) is 4.57 Å². The van der Waals surface area contributed by atoms with Crippen molar-refractivity contribution >= 4 is 6.47 Å². The second-order valence-electron chi connectivity index (χ2n) is 4.42. The molecule has 0 bridgehead atoms. The summed E-state index contributed by atoms with van der Waals surface area (Å²) in [6.45, 7) is 0.101. The fourth-order valence-electron chi connectivity index (χ4n) is 2.83. The SMILES string of the molecule is O=COc1c(O)cc(=O)n2c1[C@@H]1C[C@@H]1[C@H]2CO. The van der Waals surface area contributed by atoms with Gasteiger partial charge in [-0.05, 0) is 12.3 Å². The predicted octanol–water partition coefficient (Wildman–Crippen LogP) is -0.260. The van der Waals surface area contributed by atoms with E-state index in [0.717, 1.165) is 12.5 Å². The van der Waals surface area contributed by atoms with Gasteiger partial charge in [0, 0.05) is 12.0 Å². The van der Waals surface area contributed by atoms with Crippen molar-refractivity contribution in [3.63, 3.8) is 0 Å². The average Bonchev–Trinajstić information content (AvgIpc) is 3.00. The van der Waals surface area contributed by atoms with Crippen molar-refractivity contribution in [2.75, 3.05) is 6.61 Å². The number of hydrogen-bond acceptors (Lipinski definition) is 5. The largest absolute Gasteiger partial charge is 0.504 e. The summed E-state index contributed by atoms with van der Waals surface area (Å²) in [6.07, 6.45) is 0.851. The fraction of sp³-hybridized carbons (Fsp3) is 0.455. The number of aromatic hydroxyl groups is 1. The third-order valence-electron chi connectivity index (χ3n) is 3.59. The molecule has 2 aliphatic rings. The Hall–Kier alpha value is -1.82. The molecule has 3 rings (SSSR count). The Labute approximate surface area is 96.1 Å². The molecular formula is C11H11NO5. The first kappa shape index (κ1) is 10.3. The van der Waals surface area contributed by atoms with E-state index in [1.54, 1.807) is 0 Å². The van der Waals surface area contributed by atoms with Crippen molar-refractivity contribution in [3.8, 4) is 11.5 Å². The van der Waals surface area contributed by atoms with Gasteiger partial charge in [-0.3, -0.25) is 9.59 Å². The number of pyridine rings is 1. The quantitative estimate of drug-likeness (QED) is 0.707. The van der Waals surface area contributed by atoms with Gasteiger partial charge in [-0.2, -0.15) is 0 Å². The van der Waals surface area contributed by atoms with E-state index in [1.807, 2.05) is 0 Å². The summed E-state index contributed by atoms with van der Waals surface area (Å²) in [6, 6.07) is 0.743. The van der Waals surface area contributed by atoms with Gasteiger partial charge in [0.1, 0.15) is 0 Å². The van der Waals surface area contributed by atoms with Gasteiger partial charge in [-0.15, -0.1) is 0 Å². The maximum Gasteiger partial charge on any atom is 0.298 e. The van der Waals surface area contributed by atoms with Crippen LogP contribution < -0.4 is 10.3 Å². The Morgan fingerprint density at radius 3 is 3.00 bits per heavy atom. The summed E-state index contributed by atoms with van der Waals surface area (Å²) >= 11 is 0. The molecule has 90 valence electrons. The molecule has 1 aliphatic carbocycles. The number of aliphatic hydroxyl groups is 1. The molecule has 1 aliphatic heterocycles. The average molecular weight is 237 g/mol. The molecule has 1 fully saturated rings. The van der Waals surface area contributed by atoms with Crippen LogP contribution in [0.5, 0.6) is 11.5 Å². The summed E-state index contributed by atoms with van der Waals surface area (Å²) in [4.78, 5) is 22.2. The molecule has 6 nitrogen and oxygen atoms in total. The van der Waals surface area contributed by atoms with E-state index in [2.05, 4.69) is 0 Å². The molecule has 1 saturated carbocycles. The van der Waals surface area contributed by atoms with Crippen LogP contribution in [-0.4, -0.2) is 27.9 Å². The molecule has 1 aromatic heterocycles. The van der Waals surface area contributed by atoms with Crippen LogP contribution in [-0.2, 0) is 4.79 Å². The van der Waals surface area contributed by atoms with Gasteiger partial charge in [-0.1, -0.05) is 0 Å².